The van der Waals surface area contributed by atoms with Crippen LogP contribution in [0.1, 0.15) is 27.8 Å². The number of hydrogen-bond acceptors (Lipinski definition) is 3. The van der Waals surface area contributed by atoms with Crippen LogP contribution in [0.2, 0.25) is 5.02 Å². The minimum atomic E-state index is -3.77. The maximum Gasteiger partial charge on any atom is 0.280 e. The zero-order chi connectivity index (χ0) is 23.0. The molecule has 166 valence electrons. The molecule has 1 aliphatic rings. The number of nitrogens with one attached hydrogen (secondary N) is 1. The van der Waals surface area contributed by atoms with Crippen molar-refractivity contribution in [1.29, 1.82) is 0 Å². The molecule has 0 saturated heterocycles. The maximum absolute atomic E-state index is 12.7. The van der Waals surface area contributed by atoms with Gasteiger partial charge in [-0.15, -0.1) is 0 Å². The smallest absolute Gasteiger partial charge is 0.280 e. The van der Waals surface area contributed by atoms with Crippen molar-refractivity contribution in [2.75, 3.05) is 4.72 Å². The molecule has 4 aromatic rings. The van der Waals surface area contributed by atoms with Gasteiger partial charge in [-0.3, -0.25) is 4.72 Å². The van der Waals surface area contributed by atoms with Crippen LogP contribution >= 0.6 is 11.6 Å². The zero-order valence-corrected chi connectivity index (χ0v) is 19.6. The number of sulfonamides is 1. The second-order valence-electron chi connectivity index (χ2n) is 8.12. The number of benzene rings is 3. The summed E-state index contributed by atoms with van der Waals surface area (Å²) in [6, 6.07) is 21.8. The van der Waals surface area contributed by atoms with Crippen molar-refractivity contribution in [2.24, 2.45) is 7.05 Å². The molecule has 0 unspecified atom stereocenters. The van der Waals surface area contributed by atoms with Gasteiger partial charge in [0.05, 0.1) is 6.33 Å². The summed E-state index contributed by atoms with van der Waals surface area (Å²) in [6.45, 7) is 0. The van der Waals surface area contributed by atoms with E-state index in [1.165, 1.54) is 29.2 Å². The number of imidazole rings is 1. The first-order valence-electron chi connectivity index (χ1n) is 10.6. The lowest BCUT2D eigenvalue weighted by Gasteiger charge is -2.13. The van der Waals surface area contributed by atoms with E-state index < -0.39 is 10.0 Å². The van der Waals surface area contributed by atoms with Gasteiger partial charge in [0.2, 0.25) is 0 Å². The highest BCUT2D eigenvalue weighted by Gasteiger charge is 2.19. The Labute approximate surface area is 198 Å². The summed E-state index contributed by atoms with van der Waals surface area (Å²) < 4.78 is 29.6. The Kier molecular flexibility index (Phi) is 5.56. The summed E-state index contributed by atoms with van der Waals surface area (Å²) in [5.74, 6) is 0. The van der Waals surface area contributed by atoms with E-state index >= 15 is 0 Å². The van der Waals surface area contributed by atoms with Gasteiger partial charge in [0.15, 0.2) is 5.03 Å². The van der Waals surface area contributed by atoms with Crippen LogP contribution in [0.3, 0.4) is 0 Å². The Morgan fingerprint density at radius 1 is 0.970 bits per heavy atom. The van der Waals surface area contributed by atoms with E-state index in [0.29, 0.717) is 5.69 Å². The Morgan fingerprint density at radius 2 is 1.76 bits per heavy atom. The zero-order valence-electron chi connectivity index (χ0n) is 18.0. The second kappa shape index (κ2) is 8.54. The molecule has 1 heterocycles. The van der Waals surface area contributed by atoms with Gasteiger partial charge >= 0.3 is 0 Å². The fraction of sp³-hybridized carbons (Fsp3) is 0.115. The van der Waals surface area contributed by atoms with Crippen LogP contribution in [0.25, 0.3) is 11.6 Å². The number of fused-ring (bicyclic) bond motifs is 2. The Balaban J connectivity index is 1.57. The lowest BCUT2D eigenvalue weighted by molar-refractivity contribution is 0.598. The second-order valence-corrected chi connectivity index (χ2v) is 10.2. The molecule has 1 N–H and O–H groups in total. The molecule has 1 aliphatic carbocycles. The van der Waals surface area contributed by atoms with Gasteiger partial charge in [0, 0.05) is 24.0 Å². The van der Waals surface area contributed by atoms with Gasteiger partial charge < -0.3 is 4.57 Å². The van der Waals surface area contributed by atoms with Crippen LogP contribution in [0, 0.1) is 0 Å². The van der Waals surface area contributed by atoms with Crippen molar-refractivity contribution in [3.8, 4) is 0 Å². The van der Waals surface area contributed by atoms with Crippen LogP contribution in [0.4, 0.5) is 5.69 Å². The Hall–Kier alpha value is -3.35. The van der Waals surface area contributed by atoms with Crippen molar-refractivity contribution >= 4 is 39.0 Å². The first kappa shape index (κ1) is 21.5. The Bertz CT molecular complexity index is 1490. The highest BCUT2D eigenvalue weighted by atomic mass is 35.5. The largest absolute Gasteiger partial charge is 0.339 e. The van der Waals surface area contributed by atoms with Gasteiger partial charge in [0.1, 0.15) is 0 Å². The molecule has 5 rings (SSSR count). The number of halogens is 1. The van der Waals surface area contributed by atoms with E-state index in [2.05, 4.69) is 40.0 Å². The third-order valence-corrected chi connectivity index (χ3v) is 7.24. The third-order valence-electron chi connectivity index (χ3n) is 5.74. The first-order chi connectivity index (χ1) is 15.9. The topological polar surface area (TPSA) is 64.0 Å². The van der Waals surface area contributed by atoms with Crippen LogP contribution in [-0.2, 0) is 29.9 Å². The van der Waals surface area contributed by atoms with Gasteiger partial charge in [-0.25, -0.2) is 4.98 Å². The average molecular weight is 476 g/mol. The fourth-order valence-corrected chi connectivity index (χ4v) is 5.42. The molecular weight excluding hydrogens is 454 g/mol. The predicted molar refractivity (Wildman–Crippen MR) is 133 cm³/mol. The van der Waals surface area contributed by atoms with Crippen LogP contribution in [0.5, 0.6) is 0 Å². The summed E-state index contributed by atoms with van der Waals surface area (Å²) in [5.41, 5.74) is 7.28. The molecule has 0 amide bonds. The number of nitrogens with zero attached hydrogens (tertiary/aromatic N) is 2. The van der Waals surface area contributed by atoms with E-state index in [1.54, 1.807) is 17.7 Å². The molecule has 0 spiro atoms. The van der Waals surface area contributed by atoms with Crippen molar-refractivity contribution in [2.45, 2.75) is 17.9 Å². The summed E-state index contributed by atoms with van der Waals surface area (Å²) in [6.07, 6.45) is 6.88. The van der Waals surface area contributed by atoms with Crippen molar-refractivity contribution in [3.05, 3.63) is 112 Å². The molecule has 0 saturated carbocycles. The van der Waals surface area contributed by atoms with Crippen molar-refractivity contribution in [3.63, 3.8) is 0 Å². The maximum atomic E-state index is 12.7. The molecular formula is C26H22ClN3O2S. The molecule has 0 fully saturated rings. The van der Waals surface area contributed by atoms with Gasteiger partial charge in [-0.2, -0.15) is 8.42 Å². The monoisotopic (exact) mass is 475 g/mol. The van der Waals surface area contributed by atoms with E-state index in [9.17, 15) is 8.42 Å². The highest BCUT2D eigenvalue weighted by Crippen LogP contribution is 2.36. The lowest BCUT2D eigenvalue weighted by atomic mass is 9.92. The number of rotatable bonds is 4. The molecule has 5 nitrogen and oxygen atoms in total. The molecule has 33 heavy (non-hydrogen) atoms. The normalized spacial score (nSPS) is 14.4. The van der Waals surface area contributed by atoms with E-state index in [1.807, 2.05) is 36.4 Å². The molecule has 3 aromatic carbocycles. The third kappa shape index (κ3) is 4.45. The summed E-state index contributed by atoms with van der Waals surface area (Å²) in [4.78, 5) is 3.96. The molecule has 0 radical (unpaired) electrons. The molecule has 0 atom stereocenters. The quantitative estimate of drug-likeness (QED) is 0.420. The van der Waals surface area contributed by atoms with E-state index in [4.69, 9.17) is 11.6 Å². The fourth-order valence-electron chi connectivity index (χ4n) is 4.20. The highest BCUT2D eigenvalue weighted by molar-refractivity contribution is 7.92. The van der Waals surface area contributed by atoms with Gasteiger partial charge in [-0.1, -0.05) is 54.1 Å². The van der Waals surface area contributed by atoms with Crippen molar-refractivity contribution in [1.82, 2.24) is 9.55 Å². The van der Waals surface area contributed by atoms with Crippen LogP contribution in [-0.4, -0.2) is 18.0 Å². The molecule has 0 aliphatic heterocycles. The average Bonchev–Trinajstić information content (AvgIpc) is 3.18. The number of anilines is 1. The van der Waals surface area contributed by atoms with Gasteiger partial charge in [-0.05, 0) is 76.6 Å². The summed E-state index contributed by atoms with van der Waals surface area (Å²) in [5, 5.41) is 0.710. The van der Waals surface area contributed by atoms with E-state index in [-0.39, 0.29) is 5.03 Å². The van der Waals surface area contributed by atoms with Crippen molar-refractivity contribution < 1.29 is 8.42 Å². The molecule has 0 bridgehead atoms. The van der Waals surface area contributed by atoms with E-state index in [0.717, 1.165) is 34.6 Å². The standard InChI is InChI=1S/C26H22ClN3O2S/c1-30-16-26(28-17-30)33(31,32)29-22-7-4-5-18(13-22)14-25-23-8-3-2-6-19(23)9-10-20-15-21(27)11-12-24(20)25/h2-8,11-17,29H,9-10H2,1H3. The van der Waals surface area contributed by atoms with Gasteiger partial charge in [0.25, 0.3) is 10.0 Å². The Morgan fingerprint density at radius 3 is 2.58 bits per heavy atom. The number of hydrogen-bond donors (Lipinski definition) is 1. The predicted octanol–water partition coefficient (Wildman–Crippen LogP) is 5.56. The first-order valence-corrected chi connectivity index (χ1v) is 12.4. The SMILES string of the molecule is Cn1cnc(S(=O)(=O)Nc2cccc(C=C3c4ccccc4CCc4cc(Cl)ccc43)c2)c1. The number of aromatic nitrogens is 2. The minimum absolute atomic E-state index is 0.0164. The molecule has 7 heteroatoms. The lowest BCUT2D eigenvalue weighted by Crippen LogP contribution is -2.13. The number of aryl methyl sites for hydroxylation is 3. The molecule has 1 aromatic heterocycles. The van der Waals surface area contributed by atoms with Crippen LogP contribution < -0.4 is 4.72 Å². The van der Waals surface area contributed by atoms with Crippen LogP contribution in [0.15, 0.2) is 84.3 Å². The summed E-state index contributed by atoms with van der Waals surface area (Å²) in [7, 11) is -2.04. The minimum Gasteiger partial charge on any atom is -0.339 e. The summed E-state index contributed by atoms with van der Waals surface area (Å²) >= 11 is 6.29.